The molecule has 0 amide bonds. The minimum Gasteiger partial charge on any atom is -0.511 e. The molecule has 1 aliphatic heterocycles. The number of carbonyl (C=O) groups excluding carboxylic acids is 1. The monoisotopic (exact) mass is 555 g/mol. The number of nitrogens with zero attached hydrogens (tertiary/aromatic N) is 3. The van der Waals surface area contributed by atoms with Gasteiger partial charge in [0.25, 0.3) is 0 Å². The van der Waals surface area contributed by atoms with Crippen LogP contribution in [-0.2, 0) is 16.0 Å². The van der Waals surface area contributed by atoms with Crippen LogP contribution in [0, 0.1) is 5.92 Å². The summed E-state index contributed by atoms with van der Waals surface area (Å²) >= 11 is 7.30. The van der Waals surface area contributed by atoms with E-state index in [1.807, 2.05) is 25.1 Å². The maximum Gasteiger partial charge on any atom is 0.349 e. The number of aliphatic hydroxyl groups excluding tert-OH is 1. The Morgan fingerprint density at radius 3 is 2.49 bits per heavy atom. The summed E-state index contributed by atoms with van der Waals surface area (Å²) < 4.78 is 17.1. The van der Waals surface area contributed by atoms with Crippen molar-refractivity contribution in [2.24, 2.45) is 22.7 Å². The fourth-order valence-electron chi connectivity index (χ4n) is 4.99. The number of halogens is 1. The molecule has 0 radical (unpaired) electrons. The predicted octanol–water partition coefficient (Wildman–Crippen LogP) is 3.64. The summed E-state index contributed by atoms with van der Waals surface area (Å²) in [5, 5.41) is 16.9. The van der Waals surface area contributed by atoms with E-state index in [0.29, 0.717) is 42.5 Å². The second-order valence-electron chi connectivity index (χ2n) is 9.70. The van der Waals surface area contributed by atoms with E-state index in [4.69, 9.17) is 37.5 Å². The first-order chi connectivity index (χ1) is 17.6. The summed E-state index contributed by atoms with van der Waals surface area (Å²) in [5.74, 6) is 12.3. The minimum absolute atomic E-state index is 0.0324. The van der Waals surface area contributed by atoms with Gasteiger partial charge in [0.15, 0.2) is 0 Å². The highest BCUT2D eigenvalue weighted by Gasteiger charge is 2.48. The summed E-state index contributed by atoms with van der Waals surface area (Å²) in [7, 11) is 6.98. The van der Waals surface area contributed by atoms with Gasteiger partial charge in [-0.3, -0.25) is 5.01 Å². The van der Waals surface area contributed by atoms with E-state index >= 15 is 0 Å². The van der Waals surface area contributed by atoms with Gasteiger partial charge < -0.3 is 30.1 Å². The molecule has 2 aliphatic rings. The molecule has 1 atom stereocenters. The Labute approximate surface area is 227 Å². The molecule has 1 heterocycles. The maximum atomic E-state index is 13.3. The number of nitrogens with two attached hydrogens (primary N) is 2. The van der Waals surface area contributed by atoms with Crippen molar-refractivity contribution in [3.63, 3.8) is 0 Å². The fourth-order valence-corrected chi connectivity index (χ4v) is 6.01. The van der Waals surface area contributed by atoms with Gasteiger partial charge in [-0.25, -0.2) is 10.6 Å². The Morgan fingerprint density at radius 1 is 1.24 bits per heavy atom. The van der Waals surface area contributed by atoms with Crippen LogP contribution in [-0.4, -0.2) is 73.2 Å². The zero-order valence-corrected chi connectivity index (χ0v) is 23.5. The molecule has 0 saturated heterocycles. The lowest BCUT2D eigenvalue weighted by molar-refractivity contribution is -0.166. The highest BCUT2D eigenvalue weighted by molar-refractivity contribution is 8.17. The lowest BCUT2D eigenvalue weighted by Crippen LogP contribution is -2.46. The second kappa shape index (κ2) is 12.9. The number of amidine groups is 1. The maximum absolute atomic E-state index is 13.3. The summed E-state index contributed by atoms with van der Waals surface area (Å²) in [6.45, 7) is 1.10. The van der Waals surface area contributed by atoms with Crippen molar-refractivity contribution in [3.05, 3.63) is 33.4 Å². The molecule has 206 valence electrons. The van der Waals surface area contributed by atoms with E-state index in [2.05, 4.69) is 5.10 Å². The molecule has 0 spiro atoms. The molecule has 1 aliphatic carbocycles. The molecule has 1 aromatic carbocycles. The van der Waals surface area contributed by atoms with Crippen LogP contribution in [0.25, 0.3) is 0 Å². The number of aryl methyl sites for hydroxylation is 1. The number of carbonyl (C=O) groups is 1. The Balaban J connectivity index is 1.84. The molecule has 3 rings (SSSR count). The standard InChI is InChI=1S/C25H38ClN5O5S/c1-30(2)11-12-31(28)24(29-27)37-22-19(32)15-25(36-23(22)33,17-7-5-6-8-17)10-9-16-13-18(26)21(35-4)14-20(16)34-3/h13-14,17,32H,5-12,15,27-28H2,1-4H3/b29-24+. The number of hydrogen-bond donors (Lipinski definition) is 3. The molecule has 0 bridgehead atoms. The van der Waals surface area contributed by atoms with Gasteiger partial charge in [0, 0.05) is 25.6 Å². The smallest absolute Gasteiger partial charge is 0.349 e. The van der Waals surface area contributed by atoms with Crippen molar-refractivity contribution in [1.82, 2.24) is 9.91 Å². The predicted molar refractivity (Wildman–Crippen MR) is 147 cm³/mol. The average Bonchev–Trinajstić information content (AvgIpc) is 3.42. The molecule has 10 nitrogen and oxygen atoms in total. The van der Waals surface area contributed by atoms with E-state index < -0.39 is 11.6 Å². The van der Waals surface area contributed by atoms with Crippen LogP contribution in [0.3, 0.4) is 0 Å². The molecular formula is C25H38ClN5O5S. The number of hydrazine groups is 1. The SMILES string of the molecule is COc1cc(OC)c(CCC2(C3CCCC3)CC(O)=C(S/C(=N/N)N(N)CCN(C)C)C(=O)O2)cc1Cl. The topological polar surface area (TPSA) is 136 Å². The van der Waals surface area contributed by atoms with Gasteiger partial charge in [-0.15, -0.1) is 0 Å². The van der Waals surface area contributed by atoms with Crippen LogP contribution in [0.15, 0.2) is 27.9 Å². The van der Waals surface area contributed by atoms with Crippen molar-refractivity contribution >= 4 is 34.5 Å². The third kappa shape index (κ3) is 6.95. The van der Waals surface area contributed by atoms with Crippen molar-refractivity contribution in [1.29, 1.82) is 0 Å². The quantitative estimate of drug-likeness (QED) is 0.129. The molecule has 5 N–H and O–H groups in total. The lowest BCUT2D eigenvalue weighted by Gasteiger charge is -2.41. The van der Waals surface area contributed by atoms with Gasteiger partial charge in [0.1, 0.15) is 27.8 Å². The third-order valence-electron chi connectivity index (χ3n) is 7.02. The van der Waals surface area contributed by atoms with Crippen LogP contribution < -0.4 is 21.2 Å². The van der Waals surface area contributed by atoms with Crippen LogP contribution in [0.4, 0.5) is 0 Å². The van der Waals surface area contributed by atoms with E-state index in [1.165, 1.54) is 5.01 Å². The van der Waals surface area contributed by atoms with E-state index in [0.717, 1.165) is 43.0 Å². The average molecular weight is 556 g/mol. The molecule has 12 heteroatoms. The number of benzene rings is 1. The van der Waals surface area contributed by atoms with Crippen LogP contribution >= 0.6 is 23.4 Å². The van der Waals surface area contributed by atoms with Crippen molar-refractivity contribution in [2.45, 2.75) is 50.5 Å². The number of hydrazone groups is 1. The van der Waals surface area contributed by atoms with Crippen molar-refractivity contribution in [3.8, 4) is 11.5 Å². The Morgan fingerprint density at radius 2 is 1.92 bits per heavy atom. The zero-order valence-electron chi connectivity index (χ0n) is 22.0. The minimum atomic E-state index is -0.841. The number of hydrogen-bond acceptors (Lipinski definition) is 10. The van der Waals surface area contributed by atoms with E-state index in [-0.39, 0.29) is 28.2 Å². The van der Waals surface area contributed by atoms with Gasteiger partial charge in [-0.2, -0.15) is 5.10 Å². The van der Waals surface area contributed by atoms with Gasteiger partial charge in [0.05, 0.1) is 19.2 Å². The molecule has 1 saturated carbocycles. The number of thioether (sulfide) groups is 1. The number of methoxy groups -OCH3 is 2. The Bertz CT molecular complexity index is 1030. The molecular weight excluding hydrogens is 518 g/mol. The second-order valence-corrected chi connectivity index (χ2v) is 11.1. The first kappa shape index (κ1) is 29.2. The molecule has 1 aromatic rings. The number of cyclic esters (lactones) is 1. The molecule has 1 unspecified atom stereocenters. The van der Waals surface area contributed by atoms with Crippen LogP contribution in [0.2, 0.25) is 5.02 Å². The van der Waals surface area contributed by atoms with E-state index in [9.17, 15) is 9.90 Å². The molecule has 1 fully saturated rings. The normalized spacial score (nSPS) is 20.9. The van der Waals surface area contributed by atoms with E-state index in [1.54, 1.807) is 20.3 Å². The molecule has 37 heavy (non-hydrogen) atoms. The zero-order chi connectivity index (χ0) is 27.2. The van der Waals surface area contributed by atoms with Crippen LogP contribution in [0.1, 0.15) is 44.1 Å². The van der Waals surface area contributed by atoms with Crippen molar-refractivity contribution < 1.29 is 24.1 Å². The third-order valence-corrected chi connectivity index (χ3v) is 8.44. The number of rotatable bonds is 10. The van der Waals surface area contributed by atoms with Gasteiger partial charge >= 0.3 is 5.97 Å². The summed E-state index contributed by atoms with van der Waals surface area (Å²) in [4.78, 5) is 15.3. The lowest BCUT2D eigenvalue weighted by atomic mass is 9.77. The first-order valence-corrected chi connectivity index (χ1v) is 13.5. The largest absolute Gasteiger partial charge is 0.511 e. The highest BCUT2D eigenvalue weighted by Crippen LogP contribution is 2.47. The Kier molecular flexibility index (Phi) is 10.2. The summed E-state index contributed by atoms with van der Waals surface area (Å²) in [6.07, 6.45) is 5.24. The van der Waals surface area contributed by atoms with Gasteiger partial charge in [0.2, 0.25) is 5.17 Å². The van der Waals surface area contributed by atoms with Crippen LogP contribution in [0.5, 0.6) is 11.5 Å². The van der Waals surface area contributed by atoms with Gasteiger partial charge in [-0.05, 0) is 69.1 Å². The number of aliphatic hydroxyl groups is 1. The summed E-state index contributed by atoms with van der Waals surface area (Å²) in [5.41, 5.74) is 0.0366. The fraction of sp³-hybridized carbons (Fsp3) is 0.600. The summed E-state index contributed by atoms with van der Waals surface area (Å²) in [6, 6.07) is 3.57. The Hall–Kier alpha value is -2.34. The highest BCUT2D eigenvalue weighted by atomic mass is 35.5. The number of ether oxygens (including phenoxy) is 3. The first-order valence-electron chi connectivity index (χ1n) is 12.3. The van der Waals surface area contributed by atoms with Gasteiger partial charge in [-0.1, -0.05) is 24.4 Å². The molecule has 0 aromatic heterocycles. The van der Waals surface area contributed by atoms with Crippen molar-refractivity contribution in [2.75, 3.05) is 41.4 Å². The number of likely N-dealkylation sites (N-methyl/N-ethyl adjacent to an activating group) is 1. The number of esters is 1.